The van der Waals surface area contributed by atoms with E-state index in [4.69, 9.17) is 4.74 Å². The molecule has 0 aliphatic rings. The predicted molar refractivity (Wildman–Crippen MR) is 68.7 cm³/mol. The van der Waals surface area contributed by atoms with Crippen LogP contribution in [0.2, 0.25) is 0 Å². The molecule has 0 saturated heterocycles. The lowest BCUT2D eigenvalue weighted by Crippen LogP contribution is -2.10. The molecule has 0 unspecified atom stereocenters. The van der Waals surface area contributed by atoms with Crippen LogP contribution in [0.3, 0.4) is 0 Å². The molecule has 1 aromatic carbocycles. The molecule has 15 heavy (non-hydrogen) atoms. The van der Waals surface area contributed by atoms with Gasteiger partial charge in [0.25, 0.3) is 0 Å². The van der Waals surface area contributed by atoms with E-state index in [1.165, 1.54) is 0 Å². The van der Waals surface area contributed by atoms with E-state index in [-0.39, 0.29) is 0 Å². The molecule has 84 valence electrons. The van der Waals surface area contributed by atoms with Gasteiger partial charge in [0.15, 0.2) is 0 Å². The smallest absolute Gasteiger partial charge is 0.0638 e. The number of ether oxygens (including phenoxy) is 1. The Kier molecular flexibility index (Phi) is 5.50. The first kappa shape index (κ1) is 12.3. The molecule has 0 saturated carbocycles. The number of nitrogens with one attached hydrogen (secondary N) is 2. The SMILES string of the molecule is CCOCCNc1ccc(Br)cc1NC. The fraction of sp³-hybridized carbons (Fsp3) is 0.455. The van der Waals surface area contributed by atoms with Crippen molar-refractivity contribution in [2.75, 3.05) is 37.4 Å². The molecule has 0 aliphatic carbocycles. The third-order valence-electron chi connectivity index (χ3n) is 2.02. The molecular formula is C11H17BrN2O. The van der Waals surface area contributed by atoms with Crippen molar-refractivity contribution in [3.8, 4) is 0 Å². The van der Waals surface area contributed by atoms with Crippen LogP contribution in [0.5, 0.6) is 0 Å². The van der Waals surface area contributed by atoms with Gasteiger partial charge in [-0.05, 0) is 25.1 Å². The zero-order valence-corrected chi connectivity index (χ0v) is 10.7. The lowest BCUT2D eigenvalue weighted by molar-refractivity contribution is 0.158. The summed E-state index contributed by atoms with van der Waals surface area (Å²) < 4.78 is 6.33. The molecule has 0 bridgehead atoms. The summed E-state index contributed by atoms with van der Waals surface area (Å²) in [6, 6.07) is 6.11. The fourth-order valence-electron chi connectivity index (χ4n) is 1.28. The van der Waals surface area contributed by atoms with Gasteiger partial charge in [-0.25, -0.2) is 0 Å². The van der Waals surface area contributed by atoms with Crippen LogP contribution >= 0.6 is 15.9 Å². The number of halogens is 1. The average molecular weight is 273 g/mol. The molecule has 0 heterocycles. The molecule has 1 rings (SSSR count). The number of benzene rings is 1. The van der Waals surface area contributed by atoms with Crippen molar-refractivity contribution in [2.45, 2.75) is 6.92 Å². The molecule has 2 N–H and O–H groups in total. The van der Waals surface area contributed by atoms with Crippen LogP contribution in [0.15, 0.2) is 22.7 Å². The van der Waals surface area contributed by atoms with Crippen LogP contribution in [0, 0.1) is 0 Å². The molecule has 0 amide bonds. The highest BCUT2D eigenvalue weighted by Crippen LogP contribution is 2.25. The van der Waals surface area contributed by atoms with Crippen molar-refractivity contribution in [2.24, 2.45) is 0 Å². The first-order valence-electron chi connectivity index (χ1n) is 5.07. The van der Waals surface area contributed by atoms with Gasteiger partial charge in [-0.3, -0.25) is 0 Å². The topological polar surface area (TPSA) is 33.3 Å². The zero-order valence-electron chi connectivity index (χ0n) is 9.14. The standard InChI is InChI=1S/C11H17BrN2O/c1-3-15-7-6-14-10-5-4-9(12)8-11(10)13-2/h4-5,8,13-14H,3,6-7H2,1-2H3. The first-order valence-corrected chi connectivity index (χ1v) is 5.86. The van der Waals surface area contributed by atoms with E-state index in [1.807, 2.05) is 32.2 Å². The molecule has 0 fully saturated rings. The van der Waals surface area contributed by atoms with Crippen LogP contribution in [0.1, 0.15) is 6.92 Å². The quantitative estimate of drug-likeness (QED) is 0.782. The number of hydrogen-bond acceptors (Lipinski definition) is 3. The normalized spacial score (nSPS) is 10.1. The third kappa shape index (κ3) is 4.10. The Morgan fingerprint density at radius 2 is 2.13 bits per heavy atom. The minimum Gasteiger partial charge on any atom is -0.386 e. The highest BCUT2D eigenvalue weighted by Gasteiger charge is 2.00. The van der Waals surface area contributed by atoms with Crippen LogP contribution in [-0.2, 0) is 4.74 Å². The van der Waals surface area contributed by atoms with Gasteiger partial charge in [0.1, 0.15) is 0 Å². The van der Waals surface area contributed by atoms with Crippen molar-refractivity contribution < 1.29 is 4.74 Å². The van der Waals surface area contributed by atoms with Crippen molar-refractivity contribution >= 4 is 27.3 Å². The van der Waals surface area contributed by atoms with Gasteiger partial charge >= 0.3 is 0 Å². The molecule has 1 aromatic rings. The second kappa shape index (κ2) is 6.69. The summed E-state index contributed by atoms with van der Waals surface area (Å²) >= 11 is 3.44. The summed E-state index contributed by atoms with van der Waals surface area (Å²) in [5.41, 5.74) is 2.18. The Morgan fingerprint density at radius 1 is 1.33 bits per heavy atom. The van der Waals surface area contributed by atoms with Gasteiger partial charge in [-0.15, -0.1) is 0 Å². The predicted octanol–water partition coefficient (Wildman–Crippen LogP) is 2.94. The average Bonchev–Trinajstić information content (AvgIpc) is 2.26. The van der Waals surface area contributed by atoms with E-state index in [9.17, 15) is 0 Å². The van der Waals surface area contributed by atoms with Gasteiger partial charge in [0, 0.05) is 24.7 Å². The maximum atomic E-state index is 5.26. The summed E-state index contributed by atoms with van der Waals surface area (Å²) in [6.45, 7) is 4.32. The minimum absolute atomic E-state index is 0.732. The highest BCUT2D eigenvalue weighted by atomic mass is 79.9. The van der Waals surface area contributed by atoms with E-state index in [1.54, 1.807) is 0 Å². The molecular weight excluding hydrogens is 256 g/mol. The summed E-state index contributed by atoms with van der Waals surface area (Å²) in [5, 5.41) is 6.46. The summed E-state index contributed by atoms with van der Waals surface area (Å²) in [5.74, 6) is 0. The van der Waals surface area contributed by atoms with Gasteiger partial charge in [-0.2, -0.15) is 0 Å². The first-order chi connectivity index (χ1) is 7.27. The number of hydrogen-bond donors (Lipinski definition) is 2. The van der Waals surface area contributed by atoms with Crippen molar-refractivity contribution in [1.82, 2.24) is 0 Å². The van der Waals surface area contributed by atoms with Crippen molar-refractivity contribution in [1.29, 1.82) is 0 Å². The molecule has 4 heteroatoms. The molecule has 0 aliphatic heterocycles. The van der Waals surface area contributed by atoms with Crippen molar-refractivity contribution in [3.05, 3.63) is 22.7 Å². The summed E-state index contributed by atoms with van der Waals surface area (Å²) in [4.78, 5) is 0. The Morgan fingerprint density at radius 3 is 2.80 bits per heavy atom. The van der Waals surface area contributed by atoms with Crippen LogP contribution in [0.4, 0.5) is 11.4 Å². The van der Waals surface area contributed by atoms with Crippen LogP contribution < -0.4 is 10.6 Å². The Labute approximate surface area is 99.3 Å². The monoisotopic (exact) mass is 272 g/mol. The molecule has 0 spiro atoms. The van der Waals surface area contributed by atoms with Gasteiger partial charge in [-0.1, -0.05) is 15.9 Å². The Balaban J connectivity index is 2.52. The van der Waals surface area contributed by atoms with E-state index in [0.717, 1.165) is 35.6 Å². The zero-order chi connectivity index (χ0) is 11.1. The fourth-order valence-corrected chi connectivity index (χ4v) is 1.64. The van der Waals surface area contributed by atoms with E-state index >= 15 is 0 Å². The van der Waals surface area contributed by atoms with E-state index < -0.39 is 0 Å². The Bertz CT molecular complexity index is 305. The minimum atomic E-state index is 0.732. The second-order valence-corrected chi connectivity index (χ2v) is 3.98. The van der Waals surface area contributed by atoms with E-state index in [2.05, 4.69) is 26.6 Å². The molecule has 3 nitrogen and oxygen atoms in total. The maximum Gasteiger partial charge on any atom is 0.0638 e. The van der Waals surface area contributed by atoms with Gasteiger partial charge in [0.05, 0.1) is 18.0 Å². The van der Waals surface area contributed by atoms with E-state index in [0.29, 0.717) is 0 Å². The highest BCUT2D eigenvalue weighted by molar-refractivity contribution is 9.10. The lowest BCUT2D eigenvalue weighted by Gasteiger charge is -2.12. The second-order valence-electron chi connectivity index (χ2n) is 3.06. The van der Waals surface area contributed by atoms with Crippen LogP contribution in [0.25, 0.3) is 0 Å². The molecule has 0 radical (unpaired) electrons. The third-order valence-corrected chi connectivity index (χ3v) is 2.51. The Hall–Kier alpha value is -0.740. The van der Waals surface area contributed by atoms with Crippen molar-refractivity contribution in [3.63, 3.8) is 0 Å². The largest absolute Gasteiger partial charge is 0.386 e. The van der Waals surface area contributed by atoms with Crippen LogP contribution in [-0.4, -0.2) is 26.8 Å². The molecule has 0 atom stereocenters. The van der Waals surface area contributed by atoms with Gasteiger partial charge in [0.2, 0.25) is 0 Å². The lowest BCUT2D eigenvalue weighted by atomic mass is 10.2. The number of rotatable bonds is 6. The summed E-state index contributed by atoms with van der Waals surface area (Å²) in [6.07, 6.45) is 0. The van der Waals surface area contributed by atoms with Gasteiger partial charge < -0.3 is 15.4 Å². The molecule has 0 aromatic heterocycles. The number of anilines is 2. The summed E-state index contributed by atoms with van der Waals surface area (Å²) in [7, 11) is 1.91. The maximum absolute atomic E-state index is 5.26.